The summed E-state index contributed by atoms with van der Waals surface area (Å²) in [6.45, 7) is 0.00471. The minimum Gasteiger partial charge on any atom is -0.427 e. The van der Waals surface area contributed by atoms with Crippen molar-refractivity contribution in [2.75, 3.05) is 6.61 Å². The van der Waals surface area contributed by atoms with Crippen molar-refractivity contribution in [1.82, 2.24) is 0 Å². The summed E-state index contributed by atoms with van der Waals surface area (Å²) in [5, 5.41) is 8.66. The molecule has 0 spiro atoms. The van der Waals surface area contributed by atoms with Gasteiger partial charge in [0.25, 0.3) is 0 Å². The Hall–Kier alpha value is -1.78. The quantitative estimate of drug-likeness (QED) is 0.482. The highest BCUT2D eigenvalue weighted by Gasteiger charge is 2.04. The molecule has 0 aromatic heterocycles. The smallest absolute Gasteiger partial charge is 0.311 e. The number of rotatable bonds is 7. The van der Waals surface area contributed by atoms with E-state index in [0.29, 0.717) is 12.2 Å². The lowest BCUT2D eigenvalue weighted by molar-refractivity contribution is -0.134. The average molecular weight is 302 g/mol. The molecule has 3 nitrogen and oxygen atoms in total. The van der Waals surface area contributed by atoms with Crippen LogP contribution in [0, 0.1) is 0 Å². The molecule has 0 saturated carbocycles. The molecule has 0 amide bonds. The fourth-order valence-corrected chi connectivity index (χ4v) is 2.62. The SMILES string of the molecule is O=C(CCCO)Oc1ccc(CSc2ccccc2)cc1. The lowest BCUT2D eigenvalue weighted by Crippen LogP contribution is -2.08. The number of benzene rings is 2. The van der Waals surface area contributed by atoms with Crippen LogP contribution in [0.25, 0.3) is 0 Å². The molecule has 0 aliphatic heterocycles. The first kappa shape index (κ1) is 15.6. The Balaban J connectivity index is 1.83. The number of aliphatic hydroxyl groups excluding tert-OH is 1. The summed E-state index contributed by atoms with van der Waals surface area (Å²) in [6, 6.07) is 17.8. The highest BCUT2D eigenvalue weighted by atomic mass is 32.2. The molecule has 2 rings (SSSR count). The number of ether oxygens (including phenoxy) is 1. The lowest BCUT2D eigenvalue weighted by atomic mass is 10.2. The summed E-state index contributed by atoms with van der Waals surface area (Å²) in [5.74, 6) is 1.12. The number of carbonyl (C=O) groups excluding carboxylic acids is 1. The Labute approximate surface area is 129 Å². The van der Waals surface area contributed by atoms with Gasteiger partial charge >= 0.3 is 5.97 Å². The van der Waals surface area contributed by atoms with Crippen LogP contribution in [-0.2, 0) is 10.5 Å². The van der Waals surface area contributed by atoms with Crippen LogP contribution >= 0.6 is 11.8 Å². The van der Waals surface area contributed by atoms with Crippen molar-refractivity contribution < 1.29 is 14.6 Å². The van der Waals surface area contributed by atoms with Gasteiger partial charge in [-0.1, -0.05) is 30.3 Å². The monoisotopic (exact) mass is 302 g/mol. The van der Waals surface area contributed by atoms with Crippen LogP contribution in [0.5, 0.6) is 5.75 Å². The van der Waals surface area contributed by atoms with Crippen LogP contribution in [-0.4, -0.2) is 17.7 Å². The molecular formula is C17H18O3S. The van der Waals surface area contributed by atoms with Crippen LogP contribution in [0.1, 0.15) is 18.4 Å². The van der Waals surface area contributed by atoms with Gasteiger partial charge in [0.1, 0.15) is 5.75 Å². The molecule has 0 bridgehead atoms. The molecule has 2 aromatic rings. The molecule has 0 heterocycles. The van der Waals surface area contributed by atoms with Gasteiger partial charge in [0.05, 0.1) is 0 Å². The van der Waals surface area contributed by atoms with E-state index < -0.39 is 0 Å². The zero-order valence-electron chi connectivity index (χ0n) is 11.7. The molecule has 4 heteroatoms. The molecule has 1 N–H and O–H groups in total. The van der Waals surface area contributed by atoms with Gasteiger partial charge in [0.2, 0.25) is 0 Å². The van der Waals surface area contributed by atoms with E-state index in [0.717, 1.165) is 5.75 Å². The van der Waals surface area contributed by atoms with Gasteiger partial charge in [-0.3, -0.25) is 4.79 Å². The van der Waals surface area contributed by atoms with Gasteiger partial charge in [-0.05, 0) is 36.2 Å². The number of thioether (sulfide) groups is 1. The van der Waals surface area contributed by atoms with Gasteiger partial charge in [0.15, 0.2) is 0 Å². The van der Waals surface area contributed by atoms with Gasteiger partial charge in [-0.15, -0.1) is 11.8 Å². The number of esters is 1. The molecular weight excluding hydrogens is 284 g/mol. The molecule has 0 aliphatic rings. The molecule has 0 atom stereocenters. The Morgan fingerprint density at radius 3 is 2.43 bits per heavy atom. The van der Waals surface area contributed by atoms with Crippen LogP contribution in [0.2, 0.25) is 0 Å². The van der Waals surface area contributed by atoms with Crippen LogP contribution in [0.15, 0.2) is 59.5 Å². The highest BCUT2D eigenvalue weighted by molar-refractivity contribution is 7.98. The minimum absolute atomic E-state index is 0.00471. The van der Waals surface area contributed by atoms with Gasteiger partial charge in [-0.25, -0.2) is 0 Å². The van der Waals surface area contributed by atoms with Gasteiger partial charge in [-0.2, -0.15) is 0 Å². The fourth-order valence-electron chi connectivity index (χ4n) is 1.74. The molecule has 110 valence electrons. The fraction of sp³-hybridized carbons (Fsp3) is 0.235. The third-order valence-electron chi connectivity index (χ3n) is 2.84. The first-order chi connectivity index (χ1) is 10.3. The van der Waals surface area contributed by atoms with Crippen molar-refractivity contribution in [2.45, 2.75) is 23.5 Å². The molecule has 0 fully saturated rings. The van der Waals surface area contributed by atoms with E-state index in [-0.39, 0.29) is 19.0 Å². The second kappa shape index (κ2) is 8.49. The molecule has 0 unspecified atom stereocenters. The largest absolute Gasteiger partial charge is 0.427 e. The zero-order chi connectivity index (χ0) is 14.9. The maximum Gasteiger partial charge on any atom is 0.311 e. The third-order valence-corrected chi connectivity index (χ3v) is 3.93. The molecule has 2 aromatic carbocycles. The van der Waals surface area contributed by atoms with E-state index in [1.165, 1.54) is 10.5 Å². The van der Waals surface area contributed by atoms with E-state index in [4.69, 9.17) is 9.84 Å². The molecule has 0 radical (unpaired) electrons. The maximum atomic E-state index is 11.4. The zero-order valence-corrected chi connectivity index (χ0v) is 12.5. The summed E-state index contributed by atoms with van der Waals surface area (Å²) < 4.78 is 5.18. The lowest BCUT2D eigenvalue weighted by Gasteiger charge is -2.05. The number of hydrogen-bond donors (Lipinski definition) is 1. The summed E-state index contributed by atoms with van der Waals surface area (Å²) >= 11 is 1.77. The van der Waals surface area contributed by atoms with Gasteiger partial charge in [0, 0.05) is 23.7 Å². The average Bonchev–Trinajstić information content (AvgIpc) is 2.53. The van der Waals surface area contributed by atoms with E-state index in [1.54, 1.807) is 23.9 Å². The highest BCUT2D eigenvalue weighted by Crippen LogP contribution is 2.23. The normalized spacial score (nSPS) is 10.3. The van der Waals surface area contributed by atoms with E-state index in [1.807, 2.05) is 30.3 Å². The topological polar surface area (TPSA) is 46.5 Å². The summed E-state index contributed by atoms with van der Waals surface area (Å²) in [7, 11) is 0. The van der Waals surface area contributed by atoms with Crippen LogP contribution in [0.3, 0.4) is 0 Å². The summed E-state index contributed by atoms with van der Waals surface area (Å²) in [4.78, 5) is 12.7. The second-order valence-electron chi connectivity index (χ2n) is 4.55. The third kappa shape index (κ3) is 5.61. The molecule has 0 aliphatic carbocycles. The number of carbonyl (C=O) groups is 1. The maximum absolute atomic E-state index is 11.4. The van der Waals surface area contributed by atoms with Crippen molar-refractivity contribution in [3.05, 3.63) is 60.2 Å². The van der Waals surface area contributed by atoms with E-state index >= 15 is 0 Å². The Kier molecular flexibility index (Phi) is 6.31. The van der Waals surface area contributed by atoms with Gasteiger partial charge < -0.3 is 9.84 Å². The first-order valence-electron chi connectivity index (χ1n) is 6.86. The Morgan fingerprint density at radius 1 is 1.05 bits per heavy atom. The summed E-state index contributed by atoms with van der Waals surface area (Å²) in [6.07, 6.45) is 0.673. The van der Waals surface area contributed by atoms with E-state index in [9.17, 15) is 4.79 Å². The molecule has 0 saturated heterocycles. The number of hydrogen-bond acceptors (Lipinski definition) is 4. The standard InChI is InChI=1S/C17H18O3S/c18-12-4-7-17(19)20-15-10-8-14(9-11-15)13-21-16-5-2-1-3-6-16/h1-3,5-6,8-11,18H,4,7,12-13H2. The Morgan fingerprint density at radius 2 is 1.76 bits per heavy atom. The van der Waals surface area contributed by atoms with Crippen molar-refractivity contribution in [1.29, 1.82) is 0 Å². The first-order valence-corrected chi connectivity index (χ1v) is 7.85. The second-order valence-corrected chi connectivity index (χ2v) is 5.60. The van der Waals surface area contributed by atoms with Crippen molar-refractivity contribution >= 4 is 17.7 Å². The Bertz CT molecular complexity index is 552. The van der Waals surface area contributed by atoms with Crippen LogP contribution in [0.4, 0.5) is 0 Å². The van der Waals surface area contributed by atoms with Crippen molar-refractivity contribution in [3.8, 4) is 5.75 Å². The molecule has 21 heavy (non-hydrogen) atoms. The van der Waals surface area contributed by atoms with Crippen LogP contribution < -0.4 is 4.74 Å². The summed E-state index contributed by atoms with van der Waals surface area (Å²) in [5.41, 5.74) is 1.18. The predicted octanol–water partition coefficient (Wildman–Crippen LogP) is 3.66. The van der Waals surface area contributed by atoms with Crippen molar-refractivity contribution in [2.24, 2.45) is 0 Å². The van der Waals surface area contributed by atoms with Crippen molar-refractivity contribution in [3.63, 3.8) is 0 Å². The predicted molar refractivity (Wildman–Crippen MR) is 84.4 cm³/mol. The number of aliphatic hydroxyl groups is 1. The minimum atomic E-state index is -0.310. The van der Waals surface area contributed by atoms with E-state index in [2.05, 4.69) is 12.1 Å².